The van der Waals surface area contributed by atoms with E-state index in [-0.39, 0.29) is 11.8 Å². The average molecular weight is 328 g/mol. The average Bonchev–Trinajstić information content (AvgIpc) is 3.10. The molecule has 1 heterocycles. The molecule has 1 aromatic carbocycles. The van der Waals surface area contributed by atoms with E-state index in [2.05, 4.69) is 26.2 Å². The lowest BCUT2D eigenvalue weighted by atomic mass is 9.81. The maximum atomic E-state index is 13.0. The molecule has 8 heteroatoms. The van der Waals surface area contributed by atoms with Gasteiger partial charge in [-0.25, -0.2) is 4.68 Å². The molecule has 0 aliphatic heterocycles. The van der Waals surface area contributed by atoms with Gasteiger partial charge in [0, 0.05) is 18.3 Å². The van der Waals surface area contributed by atoms with Crippen molar-refractivity contribution in [3.8, 4) is 0 Å². The summed E-state index contributed by atoms with van der Waals surface area (Å²) in [6.45, 7) is 1.44. The Labute approximate surface area is 139 Å². The van der Waals surface area contributed by atoms with Crippen molar-refractivity contribution in [1.29, 1.82) is 0 Å². The summed E-state index contributed by atoms with van der Waals surface area (Å²) in [5.74, 6) is -0.287. The van der Waals surface area contributed by atoms with Gasteiger partial charge >= 0.3 is 0 Å². The summed E-state index contributed by atoms with van der Waals surface area (Å²) >= 11 is 0. The van der Waals surface area contributed by atoms with Crippen LogP contribution < -0.4 is 10.6 Å². The van der Waals surface area contributed by atoms with Crippen molar-refractivity contribution in [2.75, 3.05) is 10.6 Å². The highest BCUT2D eigenvalue weighted by Gasteiger charge is 2.42. The van der Waals surface area contributed by atoms with Crippen molar-refractivity contribution in [2.45, 2.75) is 44.6 Å². The molecule has 0 bridgehead atoms. The van der Waals surface area contributed by atoms with Gasteiger partial charge in [0.05, 0.1) is 0 Å². The quantitative estimate of drug-likeness (QED) is 0.893. The van der Waals surface area contributed by atoms with Crippen LogP contribution in [0.5, 0.6) is 0 Å². The zero-order valence-electron chi connectivity index (χ0n) is 13.5. The first-order valence-electron chi connectivity index (χ1n) is 8.03. The molecule has 1 aliphatic rings. The van der Waals surface area contributed by atoms with Gasteiger partial charge in [-0.2, -0.15) is 0 Å². The molecule has 0 saturated heterocycles. The zero-order valence-corrected chi connectivity index (χ0v) is 13.5. The highest BCUT2D eigenvalue weighted by atomic mass is 16.2. The number of anilines is 2. The largest absolute Gasteiger partial charge is 0.326 e. The highest BCUT2D eigenvalue weighted by Crippen LogP contribution is 2.35. The maximum Gasteiger partial charge on any atom is 0.252 e. The molecule has 0 spiro atoms. The Bertz CT molecular complexity index is 722. The molecule has 3 rings (SSSR count). The van der Waals surface area contributed by atoms with E-state index in [1.165, 1.54) is 13.3 Å². The van der Waals surface area contributed by atoms with E-state index >= 15 is 0 Å². The zero-order chi connectivity index (χ0) is 17.0. The number of benzene rings is 1. The van der Waals surface area contributed by atoms with Crippen LogP contribution in [-0.2, 0) is 15.1 Å². The maximum absolute atomic E-state index is 13.0. The molecule has 0 radical (unpaired) electrons. The van der Waals surface area contributed by atoms with Gasteiger partial charge in [-0.3, -0.25) is 9.59 Å². The topological polar surface area (TPSA) is 102 Å². The van der Waals surface area contributed by atoms with E-state index in [9.17, 15) is 9.59 Å². The van der Waals surface area contributed by atoms with E-state index < -0.39 is 5.54 Å². The molecule has 8 nitrogen and oxygen atoms in total. The number of nitrogens with one attached hydrogen (secondary N) is 2. The third kappa shape index (κ3) is 3.27. The van der Waals surface area contributed by atoms with Crippen LogP contribution in [0.1, 0.15) is 39.0 Å². The summed E-state index contributed by atoms with van der Waals surface area (Å²) in [6.07, 6.45) is 5.93. The van der Waals surface area contributed by atoms with Gasteiger partial charge in [0.25, 0.3) is 5.91 Å². The fourth-order valence-electron chi connectivity index (χ4n) is 3.18. The number of nitrogens with zero attached hydrogens (tertiary/aromatic N) is 4. The molecular weight excluding hydrogens is 308 g/mol. The van der Waals surface area contributed by atoms with Crippen LogP contribution in [0, 0.1) is 0 Å². The van der Waals surface area contributed by atoms with Crippen molar-refractivity contribution in [2.24, 2.45) is 0 Å². The molecule has 2 N–H and O–H groups in total. The molecule has 1 aromatic heterocycles. The minimum Gasteiger partial charge on any atom is -0.326 e. The smallest absolute Gasteiger partial charge is 0.252 e. The Hall–Kier alpha value is -2.77. The van der Waals surface area contributed by atoms with E-state index in [4.69, 9.17) is 0 Å². The van der Waals surface area contributed by atoms with Crippen LogP contribution >= 0.6 is 0 Å². The van der Waals surface area contributed by atoms with Gasteiger partial charge in [0.15, 0.2) is 0 Å². The SMILES string of the molecule is CC(=O)Nc1cccc(NC(=O)C2(n3cnnn3)CCCCC2)c1. The van der Waals surface area contributed by atoms with Gasteiger partial charge in [0.2, 0.25) is 5.91 Å². The molecule has 1 saturated carbocycles. The Morgan fingerprint density at radius 2 is 1.83 bits per heavy atom. The lowest BCUT2D eigenvalue weighted by Crippen LogP contribution is -2.47. The van der Waals surface area contributed by atoms with Crippen LogP contribution in [0.25, 0.3) is 0 Å². The Balaban J connectivity index is 1.83. The Morgan fingerprint density at radius 3 is 2.46 bits per heavy atom. The molecular formula is C16H20N6O2. The number of amides is 2. The second kappa shape index (κ2) is 6.77. The highest BCUT2D eigenvalue weighted by molar-refractivity contribution is 5.97. The fourth-order valence-corrected chi connectivity index (χ4v) is 3.18. The number of tetrazole rings is 1. The summed E-state index contributed by atoms with van der Waals surface area (Å²) in [4.78, 5) is 24.2. The molecule has 1 fully saturated rings. The van der Waals surface area contributed by atoms with Crippen LogP contribution in [0.2, 0.25) is 0 Å². The van der Waals surface area contributed by atoms with E-state index in [1.54, 1.807) is 28.9 Å². The summed E-state index contributed by atoms with van der Waals surface area (Å²) in [5, 5.41) is 17.0. The van der Waals surface area contributed by atoms with Crippen molar-refractivity contribution >= 4 is 23.2 Å². The van der Waals surface area contributed by atoms with Gasteiger partial charge in [0.1, 0.15) is 11.9 Å². The van der Waals surface area contributed by atoms with E-state index in [0.717, 1.165) is 19.3 Å². The molecule has 24 heavy (non-hydrogen) atoms. The number of hydrogen-bond acceptors (Lipinski definition) is 5. The molecule has 1 aliphatic carbocycles. The van der Waals surface area contributed by atoms with Gasteiger partial charge in [-0.15, -0.1) is 5.10 Å². The van der Waals surface area contributed by atoms with Gasteiger partial charge < -0.3 is 10.6 Å². The summed E-state index contributed by atoms with van der Waals surface area (Å²) in [7, 11) is 0. The van der Waals surface area contributed by atoms with Crippen molar-refractivity contribution in [3.05, 3.63) is 30.6 Å². The minimum absolute atomic E-state index is 0.130. The monoisotopic (exact) mass is 328 g/mol. The molecule has 0 unspecified atom stereocenters. The predicted molar refractivity (Wildman–Crippen MR) is 88.3 cm³/mol. The molecule has 2 amide bonds. The lowest BCUT2D eigenvalue weighted by Gasteiger charge is -2.35. The third-order valence-corrected chi connectivity index (χ3v) is 4.33. The van der Waals surface area contributed by atoms with Crippen LogP contribution in [0.4, 0.5) is 11.4 Å². The van der Waals surface area contributed by atoms with Gasteiger partial charge in [-0.05, 0) is 41.5 Å². The van der Waals surface area contributed by atoms with Gasteiger partial charge in [-0.1, -0.05) is 25.3 Å². The number of hydrogen-bond donors (Lipinski definition) is 2. The standard InChI is InChI=1S/C16H20N6O2/c1-12(23)18-13-6-5-7-14(10-13)19-15(24)16(8-3-2-4-9-16)22-11-17-20-21-22/h5-7,10-11H,2-4,8-9H2,1H3,(H,18,23)(H,19,24). The summed E-state index contributed by atoms with van der Waals surface area (Å²) in [5.41, 5.74) is 0.510. The first-order valence-corrected chi connectivity index (χ1v) is 8.03. The van der Waals surface area contributed by atoms with Crippen LogP contribution in [0.15, 0.2) is 30.6 Å². The summed E-state index contributed by atoms with van der Waals surface area (Å²) in [6, 6.07) is 7.08. The second-order valence-electron chi connectivity index (χ2n) is 6.06. The molecule has 0 atom stereocenters. The second-order valence-corrected chi connectivity index (χ2v) is 6.06. The Morgan fingerprint density at radius 1 is 1.12 bits per heavy atom. The van der Waals surface area contributed by atoms with E-state index in [1.807, 2.05) is 0 Å². The first kappa shape index (κ1) is 16.1. The van der Waals surface area contributed by atoms with Crippen LogP contribution in [0.3, 0.4) is 0 Å². The van der Waals surface area contributed by atoms with Crippen molar-refractivity contribution < 1.29 is 9.59 Å². The lowest BCUT2D eigenvalue weighted by molar-refractivity contribution is -0.127. The number of carbonyl (C=O) groups is 2. The van der Waals surface area contributed by atoms with Crippen LogP contribution in [-0.4, -0.2) is 32.0 Å². The third-order valence-electron chi connectivity index (χ3n) is 4.33. The Kier molecular flexibility index (Phi) is 4.54. The first-order chi connectivity index (χ1) is 11.6. The number of aromatic nitrogens is 4. The normalized spacial score (nSPS) is 16.4. The fraction of sp³-hybridized carbons (Fsp3) is 0.438. The van der Waals surface area contributed by atoms with Crippen molar-refractivity contribution in [3.63, 3.8) is 0 Å². The molecule has 2 aromatic rings. The number of rotatable bonds is 4. The molecule has 126 valence electrons. The summed E-state index contributed by atoms with van der Waals surface area (Å²) < 4.78 is 1.57. The predicted octanol–water partition coefficient (Wildman–Crippen LogP) is 1.93. The number of carbonyl (C=O) groups excluding carboxylic acids is 2. The van der Waals surface area contributed by atoms with E-state index in [0.29, 0.717) is 24.2 Å². The van der Waals surface area contributed by atoms with Crippen molar-refractivity contribution in [1.82, 2.24) is 20.2 Å². The minimum atomic E-state index is -0.758.